The van der Waals surface area contributed by atoms with Crippen molar-refractivity contribution in [3.05, 3.63) is 157 Å². The molecule has 242 valence electrons. The lowest BCUT2D eigenvalue weighted by Crippen LogP contribution is -2.38. The zero-order chi connectivity index (χ0) is 35.1. The number of allylic oxidation sites excluding steroid dienone is 4. The molecule has 3 aromatic heterocycles. The summed E-state index contributed by atoms with van der Waals surface area (Å²) in [5.41, 5.74) is 5.60. The molecule has 0 bridgehead atoms. The van der Waals surface area contributed by atoms with Gasteiger partial charge in [-0.2, -0.15) is 15.8 Å². The van der Waals surface area contributed by atoms with Gasteiger partial charge in [-0.3, -0.25) is 0 Å². The average molecular weight is 665 g/mol. The molecule has 6 heteroatoms. The first kappa shape index (κ1) is 29.6. The van der Waals surface area contributed by atoms with E-state index in [1.54, 1.807) is 0 Å². The van der Waals surface area contributed by atoms with Crippen molar-refractivity contribution in [2.45, 2.75) is 13.0 Å². The molecule has 52 heavy (non-hydrogen) atoms. The molecule has 0 saturated heterocycles. The van der Waals surface area contributed by atoms with Gasteiger partial charge in [-0.1, -0.05) is 109 Å². The number of hydrogen-bond donors (Lipinski definition) is 0. The summed E-state index contributed by atoms with van der Waals surface area (Å²) < 4.78 is 6.35. The third-order valence-electron chi connectivity index (χ3n) is 11.0. The molecule has 2 unspecified atom stereocenters. The summed E-state index contributed by atoms with van der Waals surface area (Å²) in [5.74, 6) is 0. The first-order valence-electron chi connectivity index (χ1n) is 17.3. The molecule has 0 radical (unpaired) electrons. The Hall–Kier alpha value is -7.33. The Balaban J connectivity index is 1.48. The fraction of sp³-hybridized carbons (Fsp3) is 0.0652. The van der Waals surface area contributed by atoms with E-state index in [0.29, 0.717) is 17.0 Å². The summed E-state index contributed by atoms with van der Waals surface area (Å²) in [4.78, 5) is 0. The van der Waals surface area contributed by atoms with E-state index in [9.17, 15) is 15.8 Å². The highest BCUT2D eigenvalue weighted by Crippen LogP contribution is 2.57. The SMILES string of the molecule is CC1(C#N)C(n2c3ccccc3c3ccccc32)=C(C#N)C(n2c3ccccc3c3ccccc32)=C(C#N)C1n1c2ccccc2c2ccccc21. The number of nitrogens with zero attached hydrogens (tertiary/aromatic N) is 6. The molecular weight excluding hydrogens is 637 g/mol. The Morgan fingerprint density at radius 1 is 0.462 bits per heavy atom. The summed E-state index contributed by atoms with van der Waals surface area (Å²) in [7, 11) is 0. The number of nitriles is 3. The minimum absolute atomic E-state index is 0.288. The van der Waals surface area contributed by atoms with Crippen LogP contribution in [0.2, 0.25) is 0 Å². The molecule has 6 nitrogen and oxygen atoms in total. The molecule has 1 aliphatic carbocycles. The summed E-state index contributed by atoms with van der Waals surface area (Å²) in [5, 5.41) is 40.9. The number of hydrogen-bond acceptors (Lipinski definition) is 3. The van der Waals surface area contributed by atoms with E-state index in [1.807, 2.05) is 104 Å². The molecule has 0 N–H and O–H groups in total. The van der Waals surface area contributed by atoms with E-state index in [4.69, 9.17) is 0 Å². The summed E-state index contributed by atoms with van der Waals surface area (Å²) in [6.45, 7) is 1.90. The lowest BCUT2D eigenvalue weighted by atomic mass is 9.70. The average Bonchev–Trinajstić information content (AvgIpc) is 3.83. The van der Waals surface area contributed by atoms with Crippen LogP contribution < -0.4 is 0 Å². The van der Waals surface area contributed by atoms with Crippen LogP contribution in [0.5, 0.6) is 0 Å². The van der Waals surface area contributed by atoms with Crippen molar-refractivity contribution in [2.24, 2.45) is 5.41 Å². The lowest BCUT2D eigenvalue weighted by Gasteiger charge is -2.41. The predicted octanol–water partition coefficient (Wildman–Crippen LogP) is 11.0. The van der Waals surface area contributed by atoms with Gasteiger partial charge in [0, 0.05) is 43.4 Å². The van der Waals surface area contributed by atoms with E-state index in [-0.39, 0.29) is 5.57 Å². The zero-order valence-corrected chi connectivity index (χ0v) is 28.1. The normalized spacial score (nSPS) is 17.8. The molecule has 10 rings (SSSR count). The highest BCUT2D eigenvalue weighted by Gasteiger charge is 2.51. The Morgan fingerprint density at radius 3 is 1.17 bits per heavy atom. The summed E-state index contributed by atoms with van der Waals surface area (Å²) in [6, 6.07) is 56.0. The van der Waals surface area contributed by atoms with Crippen molar-refractivity contribution in [1.29, 1.82) is 15.8 Å². The van der Waals surface area contributed by atoms with Gasteiger partial charge in [-0.25, -0.2) is 0 Å². The van der Waals surface area contributed by atoms with Crippen LogP contribution in [0, 0.1) is 39.4 Å². The van der Waals surface area contributed by atoms with Gasteiger partial charge in [0.2, 0.25) is 0 Å². The Bertz CT molecular complexity index is 3040. The molecule has 6 aromatic carbocycles. The molecule has 0 saturated carbocycles. The summed E-state index contributed by atoms with van der Waals surface area (Å²) >= 11 is 0. The van der Waals surface area contributed by atoms with Crippen LogP contribution in [-0.4, -0.2) is 13.7 Å². The van der Waals surface area contributed by atoms with Crippen molar-refractivity contribution in [3.63, 3.8) is 0 Å². The topological polar surface area (TPSA) is 86.2 Å². The van der Waals surface area contributed by atoms with Gasteiger partial charge in [-0.05, 0) is 43.3 Å². The van der Waals surface area contributed by atoms with E-state index >= 15 is 0 Å². The molecule has 3 heterocycles. The van der Waals surface area contributed by atoms with E-state index < -0.39 is 11.5 Å². The Labute approximate surface area is 298 Å². The highest BCUT2D eigenvalue weighted by molar-refractivity contribution is 6.15. The monoisotopic (exact) mass is 664 g/mol. The van der Waals surface area contributed by atoms with Crippen LogP contribution in [-0.2, 0) is 0 Å². The second-order valence-corrected chi connectivity index (χ2v) is 13.6. The van der Waals surface area contributed by atoms with Crippen molar-refractivity contribution in [3.8, 4) is 18.2 Å². The van der Waals surface area contributed by atoms with Crippen LogP contribution in [0.15, 0.2) is 157 Å². The van der Waals surface area contributed by atoms with Gasteiger partial charge in [0.15, 0.2) is 0 Å². The van der Waals surface area contributed by atoms with Crippen molar-refractivity contribution < 1.29 is 0 Å². The second kappa shape index (κ2) is 10.8. The molecule has 0 amide bonds. The van der Waals surface area contributed by atoms with Crippen LogP contribution >= 0.6 is 0 Å². The first-order chi connectivity index (χ1) is 25.6. The standard InChI is InChI=1S/C46H28N6/c1-46(28-49)44(51-39-22-10-4-16-31(39)32-17-5-11-23-40(32)51)35(26-47)43(50-37-20-8-2-14-29(37)30-15-3-9-21-38(30)50)36(27-48)45(46)52-41-24-12-6-18-33(41)34-19-7-13-25-42(34)52/h2-25,44H,1H3. The van der Waals surface area contributed by atoms with Gasteiger partial charge < -0.3 is 13.7 Å². The minimum Gasteiger partial charge on any atom is -0.330 e. The number of benzene rings is 6. The number of fused-ring (bicyclic) bond motifs is 9. The largest absolute Gasteiger partial charge is 0.330 e. The van der Waals surface area contributed by atoms with E-state index in [0.717, 1.165) is 65.4 Å². The lowest BCUT2D eigenvalue weighted by molar-refractivity contribution is 0.399. The maximum absolute atomic E-state index is 11.7. The smallest absolute Gasteiger partial charge is 0.122 e. The number of para-hydroxylation sites is 6. The third-order valence-corrected chi connectivity index (χ3v) is 11.0. The molecule has 0 spiro atoms. The molecule has 2 atom stereocenters. The van der Waals surface area contributed by atoms with Crippen LogP contribution in [0.25, 0.3) is 76.8 Å². The van der Waals surface area contributed by atoms with Crippen molar-refractivity contribution in [2.75, 3.05) is 0 Å². The predicted molar refractivity (Wildman–Crippen MR) is 209 cm³/mol. The number of aromatic nitrogens is 3. The van der Waals surface area contributed by atoms with Crippen molar-refractivity contribution in [1.82, 2.24) is 13.7 Å². The Morgan fingerprint density at radius 2 is 0.808 bits per heavy atom. The second-order valence-electron chi connectivity index (χ2n) is 13.6. The van der Waals surface area contributed by atoms with E-state index in [2.05, 4.69) is 80.4 Å². The molecule has 1 aliphatic rings. The van der Waals surface area contributed by atoms with Gasteiger partial charge in [0.25, 0.3) is 0 Å². The highest BCUT2D eigenvalue weighted by atomic mass is 15.1. The fourth-order valence-corrected chi connectivity index (χ4v) is 8.91. The number of rotatable bonds is 3. The molecule has 0 aliphatic heterocycles. The van der Waals surface area contributed by atoms with Crippen LogP contribution in [0.3, 0.4) is 0 Å². The van der Waals surface area contributed by atoms with Gasteiger partial charge >= 0.3 is 0 Å². The van der Waals surface area contributed by atoms with E-state index in [1.165, 1.54) is 0 Å². The molecular formula is C46H28N6. The Kier molecular flexibility index (Phi) is 6.16. The minimum atomic E-state index is -1.41. The summed E-state index contributed by atoms with van der Waals surface area (Å²) in [6.07, 6.45) is 0. The van der Waals surface area contributed by atoms with Crippen LogP contribution in [0.4, 0.5) is 0 Å². The van der Waals surface area contributed by atoms with Gasteiger partial charge in [0.1, 0.15) is 11.5 Å². The maximum atomic E-state index is 11.7. The zero-order valence-electron chi connectivity index (χ0n) is 28.1. The van der Waals surface area contributed by atoms with Crippen molar-refractivity contribution >= 4 is 76.8 Å². The molecule has 9 aromatic rings. The fourth-order valence-electron chi connectivity index (χ4n) is 8.91. The van der Waals surface area contributed by atoms with Gasteiger partial charge in [0.05, 0.1) is 62.8 Å². The third kappa shape index (κ3) is 3.69. The van der Waals surface area contributed by atoms with Crippen LogP contribution in [0.1, 0.15) is 13.0 Å². The maximum Gasteiger partial charge on any atom is 0.122 e. The quantitative estimate of drug-likeness (QED) is 0.188. The molecule has 0 fully saturated rings. The first-order valence-corrected chi connectivity index (χ1v) is 17.3. The van der Waals surface area contributed by atoms with Gasteiger partial charge in [-0.15, -0.1) is 0 Å².